The van der Waals surface area contributed by atoms with E-state index >= 15 is 0 Å². The smallest absolute Gasteiger partial charge is 0.328 e. The van der Waals surface area contributed by atoms with Crippen LogP contribution in [0.3, 0.4) is 0 Å². The van der Waals surface area contributed by atoms with E-state index < -0.39 is 5.97 Å². The van der Waals surface area contributed by atoms with E-state index in [2.05, 4.69) is 5.32 Å². The van der Waals surface area contributed by atoms with E-state index in [-0.39, 0.29) is 5.91 Å². The van der Waals surface area contributed by atoms with E-state index in [0.29, 0.717) is 12.3 Å². The van der Waals surface area contributed by atoms with Gasteiger partial charge in [0.15, 0.2) is 0 Å². The van der Waals surface area contributed by atoms with Crippen LogP contribution in [-0.2, 0) is 9.59 Å². The molecule has 2 N–H and O–H groups in total. The summed E-state index contributed by atoms with van der Waals surface area (Å²) < 4.78 is 0. The van der Waals surface area contributed by atoms with Gasteiger partial charge in [-0.15, -0.1) is 0 Å². The predicted octanol–water partition coefficient (Wildman–Crippen LogP) is 2.52. The van der Waals surface area contributed by atoms with Crippen molar-refractivity contribution in [1.29, 1.82) is 0 Å². The number of carbonyl (C=O) groups is 2. The van der Waals surface area contributed by atoms with Gasteiger partial charge in [-0.3, -0.25) is 4.79 Å². The molecule has 1 aromatic rings. The lowest BCUT2D eigenvalue weighted by molar-refractivity contribution is -0.131. The summed E-state index contributed by atoms with van der Waals surface area (Å²) in [6.07, 6.45) is 5.51. The molecule has 0 aliphatic heterocycles. The summed E-state index contributed by atoms with van der Waals surface area (Å²) >= 11 is 0. The molecule has 1 aliphatic carbocycles. The number of nitrogens with one attached hydrogen (secondary N) is 1. The van der Waals surface area contributed by atoms with Crippen LogP contribution < -0.4 is 5.32 Å². The van der Waals surface area contributed by atoms with Crippen LogP contribution in [0.2, 0.25) is 0 Å². The van der Waals surface area contributed by atoms with Crippen molar-refractivity contribution in [2.75, 3.05) is 5.32 Å². The monoisotopic (exact) mass is 245 g/mol. The van der Waals surface area contributed by atoms with Gasteiger partial charge in [0.25, 0.3) is 0 Å². The van der Waals surface area contributed by atoms with Gasteiger partial charge in [-0.05, 0) is 42.5 Å². The van der Waals surface area contributed by atoms with Crippen LogP contribution in [-0.4, -0.2) is 17.0 Å². The fraction of sp³-hybridized carbons (Fsp3) is 0.286. The molecule has 1 aliphatic rings. The number of hydrogen-bond donors (Lipinski definition) is 2. The number of carboxylic acid groups (broad SMARTS) is 1. The molecule has 1 saturated carbocycles. The molecule has 94 valence electrons. The molecule has 0 aromatic heterocycles. The summed E-state index contributed by atoms with van der Waals surface area (Å²) in [7, 11) is 0. The Hall–Kier alpha value is -2.10. The first kappa shape index (κ1) is 12.4. The fourth-order valence-electron chi connectivity index (χ4n) is 1.64. The standard InChI is InChI=1S/C14H15NO3/c16-13(9-11-1-2-11)15-12-6-3-10(4-7-12)5-8-14(17)18/h3-8,11H,1-2,9H2,(H,15,16)(H,17,18)/b8-5+. The predicted molar refractivity (Wildman–Crippen MR) is 69.1 cm³/mol. The molecule has 18 heavy (non-hydrogen) atoms. The van der Waals surface area contributed by atoms with E-state index in [9.17, 15) is 9.59 Å². The molecular weight excluding hydrogens is 230 g/mol. The summed E-state index contributed by atoms with van der Waals surface area (Å²) in [5, 5.41) is 11.3. The van der Waals surface area contributed by atoms with Gasteiger partial charge in [-0.1, -0.05) is 12.1 Å². The van der Waals surface area contributed by atoms with Gasteiger partial charge < -0.3 is 10.4 Å². The first-order valence-electron chi connectivity index (χ1n) is 5.94. The number of aliphatic carboxylic acids is 1. The van der Waals surface area contributed by atoms with Crippen LogP contribution in [0.15, 0.2) is 30.3 Å². The third-order valence-corrected chi connectivity index (χ3v) is 2.78. The molecular formula is C14H15NO3. The number of hydrogen-bond acceptors (Lipinski definition) is 2. The van der Waals surface area contributed by atoms with Crippen LogP contribution >= 0.6 is 0 Å². The van der Waals surface area contributed by atoms with Gasteiger partial charge in [-0.2, -0.15) is 0 Å². The van der Waals surface area contributed by atoms with E-state index in [4.69, 9.17) is 5.11 Å². The zero-order valence-electron chi connectivity index (χ0n) is 9.93. The Labute approximate surface area is 105 Å². The van der Waals surface area contributed by atoms with Gasteiger partial charge in [0.1, 0.15) is 0 Å². The van der Waals surface area contributed by atoms with Gasteiger partial charge in [0, 0.05) is 18.2 Å². The van der Waals surface area contributed by atoms with Gasteiger partial charge in [0.05, 0.1) is 0 Å². The molecule has 2 rings (SSSR count). The van der Waals surface area contributed by atoms with Crippen molar-refractivity contribution in [2.24, 2.45) is 5.92 Å². The Morgan fingerprint density at radius 2 is 1.94 bits per heavy atom. The van der Waals surface area contributed by atoms with Crippen molar-refractivity contribution in [1.82, 2.24) is 0 Å². The van der Waals surface area contributed by atoms with Crippen molar-refractivity contribution in [2.45, 2.75) is 19.3 Å². The molecule has 4 nitrogen and oxygen atoms in total. The number of anilines is 1. The summed E-state index contributed by atoms with van der Waals surface area (Å²) in [5.41, 5.74) is 1.53. The van der Waals surface area contributed by atoms with Crippen molar-refractivity contribution >= 4 is 23.6 Å². The second-order valence-electron chi connectivity index (χ2n) is 4.49. The maximum atomic E-state index is 11.6. The molecule has 1 amide bonds. The van der Waals surface area contributed by atoms with Crippen LogP contribution in [0.25, 0.3) is 6.08 Å². The van der Waals surface area contributed by atoms with Gasteiger partial charge in [0.2, 0.25) is 5.91 Å². The molecule has 0 unspecified atom stereocenters. The zero-order valence-corrected chi connectivity index (χ0v) is 9.93. The number of carbonyl (C=O) groups excluding carboxylic acids is 1. The van der Waals surface area contributed by atoms with Gasteiger partial charge in [-0.25, -0.2) is 4.79 Å². The van der Waals surface area contributed by atoms with Crippen LogP contribution in [0, 0.1) is 5.92 Å². The van der Waals surface area contributed by atoms with Crippen molar-refractivity contribution < 1.29 is 14.7 Å². The van der Waals surface area contributed by atoms with E-state index in [1.54, 1.807) is 24.3 Å². The maximum Gasteiger partial charge on any atom is 0.328 e. The number of carboxylic acids is 1. The van der Waals surface area contributed by atoms with Crippen molar-refractivity contribution in [3.8, 4) is 0 Å². The Morgan fingerprint density at radius 3 is 2.50 bits per heavy atom. The van der Waals surface area contributed by atoms with E-state index in [1.165, 1.54) is 6.08 Å². The minimum absolute atomic E-state index is 0.0475. The highest BCUT2D eigenvalue weighted by atomic mass is 16.4. The van der Waals surface area contributed by atoms with Crippen molar-refractivity contribution in [3.05, 3.63) is 35.9 Å². The Kier molecular flexibility index (Phi) is 3.77. The summed E-state index contributed by atoms with van der Waals surface area (Å²) in [4.78, 5) is 21.9. The summed E-state index contributed by atoms with van der Waals surface area (Å²) in [6, 6.07) is 7.08. The average Bonchev–Trinajstić information content (AvgIpc) is 3.12. The SMILES string of the molecule is O=C(O)/C=C/c1ccc(NC(=O)CC2CC2)cc1. The van der Waals surface area contributed by atoms with Crippen molar-refractivity contribution in [3.63, 3.8) is 0 Å². The number of benzene rings is 1. The minimum Gasteiger partial charge on any atom is -0.478 e. The lowest BCUT2D eigenvalue weighted by Crippen LogP contribution is -2.11. The summed E-state index contributed by atoms with van der Waals surface area (Å²) in [6.45, 7) is 0. The van der Waals surface area contributed by atoms with Gasteiger partial charge >= 0.3 is 5.97 Å². The zero-order chi connectivity index (χ0) is 13.0. The fourth-order valence-corrected chi connectivity index (χ4v) is 1.64. The third-order valence-electron chi connectivity index (χ3n) is 2.78. The molecule has 1 fully saturated rings. The largest absolute Gasteiger partial charge is 0.478 e. The molecule has 0 saturated heterocycles. The van der Waals surface area contributed by atoms with Crippen LogP contribution in [0.1, 0.15) is 24.8 Å². The first-order chi connectivity index (χ1) is 8.63. The summed E-state index contributed by atoms with van der Waals surface area (Å²) in [5.74, 6) is -0.356. The first-order valence-corrected chi connectivity index (χ1v) is 5.94. The average molecular weight is 245 g/mol. The number of amides is 1. The third kappa shape index (κ3) is 4.05. The highest BCUT2D eigenvalue weighted by Crippen LogP contribution is 2.32. The maximum absolute atomic E-state index is 11.6. The lowest BCUT2D eigenvalue weighted by atomic mass is 10.2. The molecule has 0 heterocycles. The highest BCUT2D eigenvalue weighted by Gasteiger charge is 2.24. The molecule has 0 radical (unpaired) electrons. The normalized spacial score (nSPS) is 14.7. The van der Waals surface area contributed by atoms with E-state index in [0.717, 1.165) is 30.2 Å². The topological polar surface area (TPSA) is 66.4 Å². The molecule has 4 heteroatoms. The molecule has 0 atom stereocenters. The Balaban J connectivity index is 1.90. The quantitative estimate of drug-likeness (QED) is 0.783. The highest BCUT2D eigenvalue weighted by molar-refractivity contribution is 5.91. The minimum atomic E-state index is -0.975. The number of rotatable bonds is 5. The Bertz CT molecular complexity index is 472. The Morgan fingerprint density at radius 1 is 1.28 bits per heavy atom. The van der Waals surface area contributed by atoms with E-state index in [1.807, 2.05) is 0 Å². The molecule has 0 bridgehead atoms. The van der Waals surface area contributed by atoms with Crippen LogP contribution in [0.5, 0.6) is 0 Å². The second-order valence-corrected chi connectivity index (χ2v) is 4.49. The molecule has 0 spiro atoms. The lowest BCUT2D eigenvalue weighted by Gasteiger charge is -2.04. The van der Waals surface area contributed by atoms with Crippen LogP contribution in [0.4, 0.5) is 5.69 Å². The second kappa shape index (κ2) is 5.49. The molecule has 1 aromatic carbocycles.